The van der Waals surface area contributed by atoms with Crippen molar-refractivity contribution in [2.75, 3.05) is 0 Å². The van der Waals surface area contributed by atoms with E-state index in [0.717, 1.165) is 11.1 Å². The van der Waals surface area contributed by atoms with Crippen LogP contribution in [0.5, 0.6) is 0 Å². The van der Waals surface area contributed by atoms with Gasteiger partial charge in [-0.15, -0.1) is 0 Å². The van der Waals surface area contributed by atoms with Crippen LogP contribution >= 0.6 is 0 Å². The van der Waals surface area contributed by atoms with Crippen molar-refractivity contribution in [3.05, 3.63) is 59.8 Å². The van der Waals surface area contributed by atoms with Gasteiger partial charge in [0.05, 0.1) is 0 Å². The standard InChI is InChI=1S/C16H24/c1-8-9-13(4)10-15(6)16(7)11-14(5)12(2)3/h8-12H,5-6H2,1-4,7H3/b9-8-,13-10-,16-11+. The molecule has 0 aromatic carbocycles. The van der Waals surface area contributed by atoms with Gasteiger partial charge >= 0.3 is 0 Å². The molecule has 0 aliphatic heterocycles. The Kier molecular flexibility index (Phi) is 6.48. The lowest BCUT2D eigenvalue weighted by Crippen LogP contribution is -1.90. The summed E-state index contributed by atoms with van der Waals surface area (Å²) in [5.74, 6) is 0.489. The second-order valence-electron chi connectivity index (χ2n) is 4.47. The largest absolute Gasteiger partial charge is 0.0956 e. The van der Waals surface area contributed by atoms with Gasteiger partial charge in [0.1, 0.15) is 0 Å². The average molecular weight is 216 g/mol. The minimum absolute atomic E-state index is 0.489. The van der Waals surface area contributed by atoms with Gasteiger partial charge in [0.25, 0.3) is 0 Å². The number of hydrogen-bond acceptors (Lipinski definition) is 0. The van der Waals surface area contributed by atoms with Crippen LogP contribution in [0, 0.1) is 5.92 Å². The Bertz CT molecular complexity index is 346. The summed E-state index contributed by atoms with van der Waals surface area (Å²) in [7, 11) is 0. The maximum Gasteiger partial charge on any atom is -0.0225 e. The third kappa shape index (κ3) is 5.55. The first-order chi connectivity index (χ1) is 7.38. The Hall–Kier alpha value is -1.30. The Balaban J connectivity index is 4.75. The molecule has 0 unspecified atom stereocenters. The second kappa shape index (κ2) is 7.05. The molecule has 88 valence electrons. The van der Waals surface area contributed by atoms with E-state index in [4.69, 9.17) is 0 Å². The first kappa shape index (κ1) is 14.7. The third-order valence-electron chi connectivity index (χ3n) is 2.48. The lowest BCUT2D eigenvalue weighted by molar-refractivity contribution is 0.794. The van der Waals surface area contributed by atoms with Gasteiger partial charge in [0.2, 0.25) is 0 Å². The Morgan fingerprint density at radius 1 is 1.06 bits per heavy atom. The monoisotopic (exact) mass is 216 g/mol. The molecular weight excluding hydrogens is 192 g/mol. The molecule has 0 heterocycles. The highest BCUT2D eigenvalue weighted by molar-refractivity contribution is 5.43. The van der Waals surface area contributed by atoms with Gasteiger partial charge < -0.3 is 0 Å². The van der Waals surface area contributed by atoms with Crippen molar-refractivity contribution in [1.29, 1.82) is 0 Å². The van der Waals surface area contributed by atoms with E-state index in [1.165, 1.54) is 11.1 Å². The lowest BCUT2D eigenvalue weighted by atomic mass is 9.99. The zero-order chi connectivity index (χ0) is 12.7. The fourth-order valence-corrected chi connectivity index (χ4v) is 1.24. The van der Waals surface area contributed by atoms with Crippen LogP contribution in [0.2, 0.25) is 0 Å². The van der Waals surface area contributed by atoms with Crippen LogP contribution in [0.3, 0.4) is 0 Å². The summed E-state index contributed by atoms with van der Waals surface area (Å²) in [6, 6.07) is 0. The molecule has 0 atom stereocenters. The van der Waals surface area contributed by atoms with Gasteiger partial charge in [-0.05, 0) is 37.8 Å². The molecule has 0 fully saturated rings. The second-order valence-corrected chi connectivity index (χ2v) is 4.47. The van der Waals surface area contributed by atoms with Crippen LogP contribution < -0.4 is 0 Å². The molecule has 0 bridgehead atoms. The molecule has 16 heavy (non-hydrogen) atoms. The van der Waals surface area contributed by atoms with Gasteiger partial charge in [0.15, 0.2) is 0 Å². The lowest BCUT2D eigenvalue weighted by Gasteiger charge is -2.07. The SMILES string of the molecule is C=C(/C=C(C)\C=C/C)/C(C)=C/C(=C)C(C)C. The maximum absolute atomic E-state index is 4.07. The highest BCUT2D eigenvalue weighted by atomic mass is 14.0. The summed E-state index contributed by atoms with van der Waals surface area (Å²) in [5, 5.41) is 0. The van der Waals surface area contributed by atoms with Gasteiger partial charge in [-0.2, -0.15) is 0 Å². The van der Waals surface area contributed by atoms with Crippen LogP contribution in [0.15, 0.2) is 59.8 Å². The van der Waals surface area contributed by atoms with Gasteiger partial charge in [-0.25, -0.2) is 0 Å². The molecule has 0 aromatic heterocycles. The molecule has 0 aliphatic carbocycles. The molecule has 0 aliphatic rings. The topological polar surface area (TPSA) is 0 Å². The molecule has 0 amide bonds. The van der Waals surface area contributed by atoms with E-state index in [1.54, 1.807) is 0 Å². The van der Waals surface area contributed by atoms with Gasteiger partial charge in [-0.3, -0.25) is 0 Å². The van der Waals surface area contributed by atoms with Crippen molar-refractivity contribution < 1.29 is 0 Å². The highest BCUT2D eigenvalue weighted by Gasteiger charge is 1.99. The van der Waals surface area contributed by atoms with Gasteiger partial charge in [-0.1, -0.05) is 62.5 Å². The van der Waals surface area contributed by atoms with Crippen molar-refractivity contribution in [2.45, 2.75) is 34.6 Å². The average Bonchev–Trinajstić information content (AvgIpc) is 2.17. The summed E-state index contributed by atoms with van der Waals surface area (Å²) in [5.41, 5.74) is 4.60. The summed E-state index contributed by atoms with van der Waals surface area (Å²) >= 11 is 0. The van der Waals surface area contributed by atoms with E-state index < -0.39 is 0 Å². The molecule has 0 heteroatoms. The third-order valence-corrected chi connectivity index (χ3v) is 2.48. The molecular formula is C16H24. The fraction of sp³-hybridized carbons (Fsp3) is 0.375. The van der Waals surface area contributed by atoms with Crippen molar-refractivity contribution in [2.24, 2.45) is 5.92 Å². The maximum atomic E-state index is 4.07. The molecule has 0 nitrogen and oxygen atoms in total. The van der Waals surface area contributed by atoms with Crippen LogP contribution in [0.25, 0.3) is 0 Å². The Labute approximate surface area is 101 Å². The number of rotatable bonds is 5. The first-order valence-corrected chi connectivity index (χ1v) is 5.75. The number of allylic oxidation sites excluding steroid dienone is 8. The van der Waals surface area contributed by atoms with Crippen molar-refractivity contribution in [3.63, 3.8) is 0 Å². The summed E-state index contributed by atoms with van der Waals surface area (Å²) in [4.78, 5) is 0. The first-order valence-electron chi connectivity index (χ1n) is 5.75. The Morgan fingerprint density at radius 3 is 2.06 bits per heavy atom. The zero-order valence-electron chi connectivity index (χ0n) is 11.3. The van der Waals surface area contributed by atoms with Crippen LogP contribution in [0.4, 0.5) is 0 Å². The van der Waals surface area contributed by atoms with E-state index in [9.17, 15) is 0 Å². The summed E-state index contributed by atoms with van der Waals surface area (Å²) in [6.45, 7) is 18.6. The molecule has 0 spiro atoms. The van der Waals surface area contributed by atoms with E-state index in [2.05, 4.69) is 59.1 Å². The predicted molar refractivity (Wildman–Crippen MR) is 75.4 cm³/mol. The van der Waals surface area contributed by atoms with Crippen LogP contribution in [-0.4, -0.2) is 0 Å². The number of hydrogen-bond donors (Lipinski definition) is 0. The van der Waals surface area contributed by atoms with Crippen LogP contribution in [-0.2, 0) is 0 Å². The quantitative estimate of drug-likeness (QED) is 0.552. The van der Waals surface area contributed by atoms with E-state index in [-0.39, 0.29) is 0 Å². The predicted octanol–water partition coefficient (Wildman–Crippen LogP) is 5.22. The molecule has 0 rings (SSSR count). The normalized spacial score (nSPS) is 13.6. The van der Waals surface area contributed by atoms with Crippen molar-refractivity contribution >= 4 is 0 Å². The van der Waals surface area contributed by atoms with E-state index >= 15 is 0 Å². The summed E-state index contributed by atoms with van der Waals surface area (Å²) < 4.78 is 0. The molecule has 0 saturated carbocycles. The molecule has 0 saturated heterocycles. The molecule has 0 aromatic rings. The van der Waals surface area contributed by atoms with Gasteiger partial charge in [0, 0.05) is 0 Å². The Morgan fingerprint density at radius 2 is 1.62 bits per heavy atom. The highest BCUT2D eigenvalue weighted by Crippen LogP contribution is 2.17. The zero-order valence-corrected chi connectivity index (χ0v) is 11.3. The fourth-order valence-electron chi connectivity index (χ4n) is 1.24. The summed E-state index contributed by atoms with van der Waals surface area (Å²) in [6.07, 6.45) is 8.33. The van der Waals surface area contributed by atoms with Crippen molar-refractivity contribution in [1.82, 2.24) is 0 Å². The van der Waals surface area contributed by atoms with Crippen molar-refractivity contribution in [3.8, 4) is 0 Å². The van der Waals surface area contributed by atoms with E-state index in [1.807, 2.05) is 13.0 Å². The van der Waals surface area contributed by atoms with E-state index in [0.29, 0.717) is 5.92 Å². The minimum atomic E-state index is 0.489. The minimum Gasteiger partial charge on any atom is -0.0956 e. The van der Waals surface area contributed by atoms with Crippen LogP contribution in [0.1, 0.15) is 34.6 Å². The molecule has 0 N–H and O–H groups in total. The molecule has 0 radical (unpaired) electrons. The smallest absolute Gasteiger partial charge is 0.0225 e.